The van der Waals surface area contributed by atoms with Gasteiger partial charge >= 0.3 is 0 Å². The summed E-state index contributed by atoms with van der Waals surface area (Å²) in [6.45, 7) is 9.82. The summed E-state index contributed by atoms with van der Waals surface area (Å²) < 4.78 is 5.74. The predicted molar refractivity (Wildman–Crippen MR) is 114 cm³/mol. The van der Waals surface area contributed by atoms with Crippen molar-refractivity contribution in [3.63, 3.8) is 0 Å². The fourth-order valence-electron chi connectivity index (χ4n) is 3.19. The Bertz CT molecular complexity index is 983. The molecule has 1 aromatic carbocycles. The average molecular weight is 384 g/mol. The van der Waals surface area contributed by atoms with Crippen LogP contribution in [0.3, 0.4) is 0 Å². The van der Waals surface area contributed by atoms with E-state index in [1.54, 1.807) is 32.1 Å². The van der Waals surface area contributed by atoms with Gasteiger partial charge in [-0.3, -0.25) is 0 Å². The lowest BCUT2D eigenvalue weighted by Gasteiger charge is -2.20. The van der Waals surface area contributed by atoms with Crippen LogP contribution in [-0.4, -0.2) is 18.7 Å². The molecular formula is C24H24N4O. The van der Waals surface area contributed by atoms with E-state index in [4.69, 9.17) is 15.3 Å². The Kier molecular flexibility index (Phi) is 7.02. The summed E-state index contributed by atoms with van der Waals surface area (Å²) in [5, 5.41) is 27.7. The Morgan fingerprint density at radius 3 is 2.10 bits per heavy atom. The van der Waals surface area contributed by atoms with Crippen molar-refractivity contribution in [1.82, 2.24) is 0 Å². The van der Waals surface area contributed by atoms with Gasteiger partial charge in [0, 0.05) is 24.4 Å². The fourth-order valence-corrected chi connectivity index (χ4v) is 3.19. The first-order chi connectivity index (χ1) is 13.9. The summed E-state index contributed by atoms with van der Waals surface area (Å²) in [5.74, 6) is 0.0538. The summed E-state index contributed by atoms with van der Waals surface area (Å²) >= 11 is 0. The van der Waals surface area contributed by atoms with Crippen molar-refractivity contribution in [3.05, 3.63) is 70.5 Å². The molecule has 5 nitrogen and oxygen atoms in total. The first-order valence-electron chi connectivity index (χ1n) is 9.50. The first kappa shape index (κ1) is 21.5. The molecule has 146 valence electrons. The van der Waals surface area contributed by atoms with E-state index in [9.17, 15) is 5.26 Å². The number of anilines is 1. The van der Waals surface area contributed by atoms with Crippen molar-refractivity contribution >= 4 is 11.8 Å². The molecule has 1 aliphatic rings. The summed E-state index contributed by atoms with van der Waals surface area (Å²) in [6.07, 6.45) is 7.49. The van der Waals surface area contributed by atoms with Crippen LogP contribution in [0.2, 0.25) is 0 Å². The molecular weight excluding hydrogens is 360 g/mol. The van der Waals surface area contributed by atoms with Gasteiger partial charge in [0.15, 0.2) is 11.3 Å². The molecule has 0 spiro atoms. The van der Waals surface area contributed by atoms with Gasteiger partial charge in [0.1, 0.15) is 29.4 Å². The van der Waals surface area contributed by atoms with Crippen LogP contribution in [0.1, 0.15) is 33.3 Å². The van der Waals surface area contributed by atoms with Crippen LogP contribution in [-0.2, 0) is 4.74 Å². The van der Waals surface area contributed by atoms with Crippen LogP contribution >= 0.6 is 0 Å². The molecule has 29 heavy (non-hydrogen) atoms. The lowest BCUT2D eigenvalue weighted by Crippen LogP contribution is -2.21. The summed E-state index contributed by atoms with van der Waals surface area (Å²) in [4.78, 5) is 2.29. The highest BCUT2D eigenvalue weighted by Gasteiger charge is 2.38. The molecule has 0 saturated heterocycles. The Balaban J connectivity index is 2.25. The Morgan fingerprint density at radius 1 is 1.00 bits per heavy atom. The van der Waals surface area contributed by atoms with Crippen LogP contribution in [0, 0.1) is 34.0 Å². The van der Waals surface area contributed by atoms with Gasteiger partial charge in [-0.05, 0) is 45.4 Å². The molecule has 5 heteroatoms. The van der Waals surface area contributed by atoms with E-state index in [1.165, 1.54) is 5.69 Å². The number of benzene rings is 1. The fraction of sp³-hybridized carbons (Fsp3) is 0.292. The van der Waals surface area contributed by atoms with E-state index in [1.807, 2.05) is 18.2 Å². The van der Waals surface area contributed by atoms with Gasteiger partial charge in [-0.15, -0.1) is 0 Å². The highest BCUT2D eigenvalue weighted by molar-refractivity contribution is 5.61. The second-order valence-corrected chi connectivity index (χ2v) is 6.92. The molecule has 1 aromatic rings. The predicted octanol–water partition coefficient (Wildman–Crippen LogP) is 5.03. The quantitative estimate of drug-likeness (QED) is 0.507. The zero-order valence-electron chi connectivity index (χ0n) is 17.2. The average Bonchev–Trinajstić information content (AvgIpc) is 2.98. The van der Waals surface area contributed by atoms with Crippen molar-refractivity contribution in [1.29, 1.82) is 15.8 Å². The lowest BCUT2D eigenvalue weighted by atomic mass is 9.94. The second kappa shape index (κ2) is 9.45. The highest BCUT2D eigenvalue weighted by atomic mass is 16.5. The molecule has 1 heterocycles. The van der Waals surface area contributed by atoms with Crippen LogP contribution in [0.15, 0.2) is 65.0 Å². The number of hydrogen-bond donors (Lipinski definition) is 0. The van der Waals surface area contributed by atoms with Gasteiger partial charge in [0.25, 0.3) is 0 Å². The molecule has 0 atom stereocenters. The van der Waals surface area contributed by atoms with Crippen LogP contribution in [0.4, 0.5) is 5.69 Å². The van der Waals surface area contributed by atoms with E-state index in [-0.39, 0.29) is 16.9 Å². The van der Waals surface area contributed by atoms with Crippen molar-refractivity contribution in [2.45, 2.75) is 33.3 Å². The van der Waals surface area contributed by atoms with Crippen molar-refractivity contribution in [2.24, 2.45) is 0 Å². The van der Waals surface area contributed by atoms with E-state index < -0.39 is 5.60 Å². The summed E-state index contributed by atoms with van der Waals surface area (Å²) in [7, 11) is 0. The monoisotopic (exact) mass is 384 g/mol. The van der Waals surface area contributed by atoms with Crippen LogP contribution in [0.25, 0.3) is 6.08 Å². The third-order valence-electron chi connectivity index (χ3n) is 4.75. The maximum Gasteiger partial charge on any atom is 0.172 e. The van der Waals surface area contributed by atoms with Crippen LogP contribution < -0.4 is 4.90 Å². The summed E-state index contributed by atoms with van der Waals surface area (Å²) in [5.41, 5.74) is 2.14. The topological polar surface area (TPSA) is 83.8 Å². The Labute approximate surface area is 172 Å². The normalized spacial score (nSPS) is 15.1. The standard InChI is InChI=1S/C24H24N4O/c1-5-28(6-2)20-13-11-18(12-14-20)9-7-8-10-22-21(17-27)23(19(15-25)16-26)29-24(22,3)4/h7-14H,5-6H2,1-4H3/b9-7+,10-8+. The minimum Gasteiger partial charge on any atom is -0.480 e. The van der Waals surface area contributed by atoms with Gasteiger partial charge in [-0.25, -0.2) is 0 Å². The molecule has 0 saturated carbocycles. The molecule has 1 aliphatic heterocycles. The molecule has 2 rings (SSSR count). The zero-order chi connectivity index (χ0) is 21.4. The maximum atomic E-state index is 9.53. The number of hydrogen-bond acceptors (Lipinski definition) is 5. The number of rotatable bonds is 6. The zero-order valence-corrected chi connectivity index (χ0v) is 17.2. The number of ether oxygens (including phenoxy) is 1. The number of allylic oxidation sites excluding steroid dienone is 4. The lowest BCUT2D eigenvalue weighted by molar-refractivity contribution is 0.0954. The van der Waals surface area contributed by atoms with Gasteiger partial charge in [0.05, 0.1) is 0 Å². The molecule has 0 amide bonds. The minimum atomic E-state index is -0.797. The van der Waals surface area contributed by atoms with Crippen LogP contribution in [0.5, 0.6) is 0 Å². The van der Waals surface area contributed by atoms with Crippen molar-refractivity contribution < 1.29 is 4.74 Å². The van der Waals surface area contributed by atoms with Gasteiger partial charge < -0.3 is 9.64 Å². The molecule has 0 fully saturated rings. The smallest absolute Gasteiger partial charge is 0.172 e. The van der Waals surface area contributed by atoms with Crippen molar-refractivity contribution in [2.75, 3.05) is 18.0 Å². The van der Waals surface area contributed by atoms with Crippen molar-refractivity contribution in [3.8, 4) is 18.2 Å². The largest absolute Gasteiger partial charge is 0.480 e. The Hall–Kier alpha value is -3.75. The Morgan fingerprint density at radius 2 is 1.59 bits per heavy atom. The number of nitriles is 3. The molecule has 0 aromatic heterocycles. The molecule has 0 N–H and O–H groups in total. The third-order valence-corrected chi connectivity index (χ3v) is 4.75. The molecule has 0 radical (unpaired) electrons. The third kappa shape index (κ3) is 4.75. The van der Waals surface area contributed by atoms with Gasteiger partial charge in [-0.1, -0.05) is 36.4 Å². The number of nitrogens with zero attached hydrogens (tertiary/aromatic N) is 4. The van der Waals surface area contributed by atoms with E-state index in [2.05, 4.69) is 49.1 Å². The van der Waals surface area contributed by atoms with Gasteiger partial charge in [0.2, 0.25) is 0 Å². The van der Waals surface area contributed by atoms with E-state index in [0.717, 1.165) is 18.7 Å². The second-order valence-electron chi connectivity index (χ2n) is 6.92. The summed E-state index contributed by atoms with van der Waals surface area (Å²) in [6, 6.07) is 14.0. The molecule has 0 aliphatic carbocycles. The highest BCUT2D eigenvalue weighted by Crippen LogP contribution is 2.40. The minimum absolute atomic E-state index is 0.0538. The SMILES string of the molecule is CCN(CC)c1ccc(/C=C/C=C/C2=C(C#N)C(=C(C#N)C#N)OC2(C)C)cc1. The molecule has 0 bridgehead atoms. The maximum absolute atomic E-state index is 9.53. The van der Waals surface area contributed by atoms with E-state index >= 15 is 0 Å². The molecule has 0 unspecified atom stereocenters. The van der Waals surface area contributed by atoms with E-state index in [0.29, 0.717) is 5.57 Å². The van der Waals surface area contributed by atoms with Gasteiger partial charge in [-0.2, -0.15) is 15.8 Å². The first-order valence-corrected chi connectivity index (χ1v) is 9.50.